The lowest BCUT2D eigenvalue weighted by Crippen LogP contribution is -2.48. The number of benzene rings is 1. The van der Waals surface area contributed by atoms with Crippen molar-refractivity contribution < 1.29 is 18.0 Å². The summed E-state index contributed by atoms with van der Waals surface area (Å²) in [5.41, 5.74) is 0.00477. The van der Waals surface area contributed by atoms with Crippen LogP contribution in [0.1, 0.15) is 30.9 Å². The summed E-state index contributed by atoms with van der Waals surface area (Å²) in [7, 11) is 1.90. The van der Waals surface area contributed by atoms with Crippen LogP contribution in [0.3, 0.4) is 0 Å². The van der Waals surface area contributed by atoms with Crippen LogP contribution in [0, 0.1) is 0 Å². The Morgan fingerprint density at radius 1 is 1.43 bits per heavy atom. The molecule has 0 bridgehead atoms. The first-order chi connectivity index (χ1) is 10.7. The van der Waals surface area contributed by atoms with E-state index < -0.39 is 17.1 Å². The van der Waals surface area contributed by atoms with E-state index in [1.807, 2.05) is 18.9 Å². The number of hydrogen-bond acceptors (Lipinski definition) is 2. The van der Waals surface area contributed by atoms with Gasteiger partial charge >= 0.3 is 11.5 Å². The molecular formula is C16H20ClF3N2O. The van der Waals surface area contributed by atoms with Crippen LogP contribution in [0.25, 0.3) is 0 Å². The van der Waals surface area contributed by atoms with Crippen molar-refractivity contribution in [2.45, 2.75) is 44.6 Å². The van der Waals surface area contributed by atoms with E-state index in [-0.39, 0.29) is 12.1 Å². The molecule has 1 aromatic carbocycles. The summed E-state index contributed by atoms with van der Waals surface area (Å²) in [6.45, 7) is 2.95. The maximum atomic E-state index is 12.8. The van der Waals surface area contributed by atoms with Crippen LogP contribution in [0.15, 0.2) is 24.3 Å². The van der Waals surface area contributed by atoms with Gasteiger partial charge in [0.1, 0.15) is 0 Å². The fourth-order valence-corrected chi connectivity index (χ4v) is 3.32. The highest BCUT2D eigenvalue weighted by Crippen LogP contribution is 2.30. The standard InChI is InChI=1S/C16H20ClF3N2O/c1-11-8-14(6-7-22(11)15(17)23)21(2)10-12-4-3-5-13(9-12)16(18,19)20/h3-5,9,11,14H,6-8,10H2,1-2H3. The number of nitrogens with zero attached hydrogens (tertiary/aromatic N) is 2. The van der Waals surface area contributed by atoms with Gasteiger partial charge in [0.25, 0.3) is 0 Å². The fraction of sp³-hybridized carbons (Fsp3) is 0.562. The average Bonchev–Trinajstić information content (AvgIpc) is 2.46. The first kappa shape index (κ1) is 18.1. The van der Waals surface area contributed by atoms with Crippen molar-refractivity contribution in [3.8, 4) is 0 Å². The van der Waals surface area contributed by atoms with Gasteiger partial charge in [0.15, 0.2) is 0 Å². The summed E-state index contributed by atoms with van der Waals surface area (Å²) in [6, 6.07) is 5.65. The molecule has 23 heavy (non-hydrogen) atoms. The van der Waals surface area contributed by atoms with E-state index in [1.54, 1.807) is 11.0 Å². The molecule has 0 saturated carbocycles. The SMILES string of the molecule is CC1CC(N(C)Cc2cccc(C(F)(F)F)c2)CCN1C(=O)Cl. The normalized spacial score (nSPS) is 22.5. The van der Waals surface area contributed by atoms with Crippen LogP contribution in [-0.4, -0.2) is 40.8 Å². The Hall–Kier alpha value is -1.27. The van der Waals surface area contributed by atoms with Gasteiger partial charge in [0, 0.05) is 25.2 Å². The third-order valence-corrected chi connectivity index (χ3v) is 4.60. The second-order valence-electron chi connectivity index (χ2n) is 6.09. The second-order valence-corrected chi connectivity index (χ2v) is 6.41. The number of halogens is 4. The summed E-state index contributed by atoms with van der Waals surface area (Å²) in [4.78, 5) is 14.9. The second kappa shape index (κ2) is 7.09. The van der Waals surface area contributed by atoms with Crippen LogP contribution in [0.2, 0.25) is 0 Å². The van der Waals surface area contributed by atoms with Gasteiger partial charge in [0.2, 0.25) is 0 Å². The van der Waals surface area contributed by atoms with Gasteiger partial charge in [-0.05, 0) is 50.0 Å². The monoisotopic (exact) mass is 348 g/mol. The van der Waals surface area contributed by atoms with Gasteiger partial charge in [-0.2, -0.15) is 13.2 Å². The molecule has 1 heterocycles. The number of carbonyl (C=O) groups is 1. The Bertz CT molecular complexity index is 565. The number of alkyl halides is 3. The molecule has 0 N–H and O–H groups in total. The molecule has 1 amide bonds. The Morgan fingerprint density at radius 2 is 2.13 bits per heavy atom. The van der Waals surface area contributed by atoms with E-state index >= 15 is 0 Å². The molecule has 0 spiro atoms. The molecule has 1 aliphatic heterocycles. The maximum Gasteiger partial charge on any atom is 0.416 e. The zero-order chi connectivity index (χ0) is 17.2. The summed E-state index contributed by atoms with van der Waals surface area (Å²) < 4.78 is 38.3. The van der Waals surface area contributed by atoms with Gasteiger partial charge < -0.3 is 4.90 Å². The van der Waals surface area contributed by atoms with Crippen LogP contribution < -0.4 is 0 Å². The molecule has 128 valence electrons. The molecule has 0 aliphatic carbocycles. The van der Waals surface area contributed by atoms with Crippen LogP contribution in [0.5, 0.6) is 0 Å². The fourth-order valence-electron chi connectivity index (χ4n) is 3.07. The van der Waals surface area contributed by atoms with Crippen molar-refractivity contribution in [2.75, 3.05) is 13.6 Å². The zero-order valence-electron chi connectivity index (χ0n) is 13.1. The third-order valence-electron chi connectivity index (χ3n) is 4.38. The van der Waals surface area contributed by atoms with Gasteiger partial charge in [-0.1, -0.05) is 18.2 Å². The summed E-state index contributed by atoms with van der Waals surface area (Å²) in [5, 5.41) is -0.448. The van der Waals surface area contributed by atoms with Crippen molar-refractivity contribution in [1.82, 2.24) is 9.80 Å². The first-order valence-corrected chi connectivity index (χ1v) is 7.88. The van der Waals surface area contributed by atoms with Crippen molar-refractivity contribution in [3.05, 3.63) is 35.4 Å². The van der Waals surface area contributed by atoms with Crippen LogP contribution >= 0.6 is 11.6 Å². The zero-order valence-corrected chi connectivity index (χ0v) is 13.9. The Labute approximate surface area is 139 Å². The smallest absolute Gasteiger partial charge is 0.326 e. The van der Waals surface area contributed by atoms with Gasteiger partial charge in [-0.25, -0.2) is 0 Å². The first-order valence-electron chi connectivity index (χ1n) is 7.51. The number of carbonyl (C=O) groups excluding carboxylic acids is 1. The molecular weight excluding hydrogens is 329 g/mol. The molecule has 0 radical (unpaired) electrons. The molecule has 2 atom stereocenters. The van der Waals surface area contributed by atoms with Crippen molar-refractivity contribution >= 4 is 17.0 Å². The highest BCUT2D eigenvalue weighted by molar-refractivity contribution is 6.62. The number of likely N-dealkylation sites (tertiary alicyclic amines) is 1. The summed E-state index contributed by atoms with van der Waals surface area (Å²) in [6.07, 6.45) is -2.80. The molecule has 2 rings (SSSR count). The lowest BCUT2D eigenvalue weighted by Gasteiger charge is -2.40. The largest absolute Gasteiger partial charge is 0.416 e. The molecule has 7 heteroatoms. The predicted molar refractivity (Wildman–Crippen MR) is 83.4 cm³/mol. The Morgan fingerprint density at radius 3 is 2.70 bits per heavy atom. The molecule has 1 saturated heterocycles. The lowest BCUT2D eigenvalue weighted by molar-refractivity contribution is -0.137. The van der Waals surface area contributed by atoms with Gasteiger partial charge in [-0.15, -0.1) is 0 Å². The summed E-state index contributed by atoms with van der Waals surface area (Å²) in [5.74, 6) is 0. The molecule has 1 fully saturated rings. The molecule has 3 nitrogen and oxygen atoms in total. The summed E-state index contributed by atoms with van der Waals surface area (Å²) >= 11 is 5.54. The van der Waals surface area contributed by atoms with E-state index in [4.69, 9.17) is 11.6 Å². The van der Waals surface area contributed by atoms with Crippen molar-refractivity contribution in [3.63, 3.8) is 0 Å². The van der Waals surface area contributed by atoms with Crippen molar-refractivity contribution in [1.29, 1.82) is 0 Å². The Kier molecular flexibility index (Phi) is 5.57. The van der Waals surface area contributed by atoms with E-state index in [2.05, 4.69) is 0 Å². The molecule has 1 aliphatic rings. The minimum Gasteiger partial charge on any atom is -0.326 e. The van der Waals surface area contributed by atoms with Crippen LogP contribution in [-0.2, 0) is 12.7 Å². The van der Waals surface area contributed by atoms with E-state index in [1.165, 1.54) is 12.1 Å². The van der Waals surface area contributed by atoms with Gasteiger partial charge in [-0.3, -0.25) is 9.69 Å². The number of piperidine rings is 1. The number of amides is 1. The topological polar surface area (TPSA) is 23.6 Å². The quantitative estimate of drug-likeness (QED) is 0.599. The van der Waals surface area contributed by atoms with Crippen molar-refractivity contribution in [2.24, 2.45) is 0 Å². The van der Waals surface area contributed by atoms with E-state index in [0.717, 1.165) is 18.9 Å². The maximum absolute atomic E-state index is 12.8. The highest BCUT2D eigenvalue weighted by atomic mass is 35.5. The Balaban J connectivity index is 2.00. The molecule has 1 aromatic rings. The number of rotatable bonds is 3. The average molecular weight is 349 g/mol. The third kappa shape index (κ3) is 4.61. The minimum absolute atomic E-state index is 0.0303. The molecule has 2 unspecified atom stereocenters. The highest BCUT2D eigenvalue weighted by Gasteiger charge is 2.32. The number of hydrogen-bond donors (Lipinski definition) is 0. The van der Waals surface area contributed by atoms with Crippen LogP contribution in [0.4, 0.5) is 18.0 Å². The van der Waals surface area contributed by atoms with E-state index in [0.29, 0.717) is 18.7 Å². The molecule has 0 aromatic heterocycles. The van der Waals surface area contributed by atoms with Gasteiger partial charge in [0.05, 0.1) is 5.56 Å². The lowest BCUT2D eigenvalue weighted by atomic mass is 9.97. The minimum atomic E-state index is -4.32. The predicted octanol–water partition coefficient (Wildman–Crippen LogP) is 4.35. The van der Waals surface area contributed by atoms with E-state index in [9.17, 15) is 18.0 Å².